The number of anilines is 3. The average Bonchev–Trinajstić information content (AvgIpc) is 2.34. The zero-order valence-electron chi connectivity index (χ0n) is 8.94. The highest BCUT2D eigenvalue weighted by molar-refractivity contribution is 9.10. The van der Waals surface area contributed by atoms with Crippen molar-refractivity contribution in [2.45, 2.75) is 0 Å². The number of nitrogens with zero attached hydrogens (tertiary/aromatic N) is 1. The van der Waals surface area contributed by atoms with Crippen LogP contribution in [0.5, 0.6) is 0 Å². The van der Waals surface area contributed by atoms with Crippen molar-refractivity contribution >= 4 is 33.0 Å². The Morgan fingerprint density at radius 1 is 1.06 bits per heavy atom. The number of nitrogen functional groups attached to an aromatic ring is 1. The molecule has 0 spiro atoms. The van der Waals surface area contributed by atoms with E-state index in [4.69, 9.17) is 11.0 Å². The third-order valence-corrected chi connectivity index (χ3v) is 2.84. The van der Waals surface area contributed by atoms with Crippen LogP contribution < -0.4 is 11.1 Å². The summed E-state index contributed by atoms with van der Waals surface area (Å²) in [7, 11) is 0. The lowest BCUT2D eigenvalue weighted by molar-refractivity contribution is 1.47. The minimum Gasteiger partial charge on any atom is -0.398 e. The molecule has 17 heavy (non-hydrogen) atoms. The molecular formula is C13H10BrN3. The van der Waals surface area contributed by atoms with Crippen LogP contribution in [0.15, 0.2) is 46.9 Å². The van der Waals surface area contributed by atoms with Gasteiger partial charge in [-0.05, 0) is 42.5 Å². The summed E-state index contributed by atoms with van der Waals surface area (Å²) in [5.74, 6) is 0. The molecule has 0 unspecified atom stereocenters. The Hall–Kier alpha value is -1.99. The lowest BCUT2D eigenvalue weighted by Gasteiger charge is -2.07. The largest absolute Gasteiger partial charge is 0.398 e. The zero-order valence-corrected chi connectivity index (χ0v) is 10.5. The molecular weight excluding hydrogens is 278 g/mol. The molecule has 0 fully saturated rings. The number of rotatable bonds is 2. The molecule has 0 heterocycles. The van der Waals surface area contributed by atoms with E-state index in [9.17, 15) is 0 Å². The summed E-state index contributed by atoms with van der Waals surface area (Å²) in [6.07, 6.45) is 0. The van der Waals surface area contributed by atoms with Crippen LogP contribution in [0.4, 0.5) is 17.1 Å². The van der Waals surface area contributed by atoms with Gasteiger partial charge in [0.1, 0.15) is 6.07 Å². The van der Waals surface area contributed by atoms with Crippen LogP contribution in [0.1, 0.15) is 5.56 Å². The van der Waals surface area contributed by atoms with E-state index in [0.717, 1.165) is 15.8 Å². The van der Waals surface area contributed by atoms with Crippen LogP contribution in [0.2, 0.25) is 0 Å². The molecule has 3 nitrogen and oxygen atoms in total. The van der Waals surface area contributed by atoms with Crippen molar-refractivity contribution in [1.29, 1.82) is 5.26 Å². The SMILES string of the molecule is N#Cc1cc(Nc2ccc(Br)cc2)ccc1N. The molecule has 0 saturated heterocycles. The Balaban J connectivity index is 2.25. The van der Waals surface area contributed by atoms with Gasteiger partial charge in [-0.2, -0.15) is 5.26 Å². The Labute approximate surface area is 108 Å². The maximum atomic E-state index is 8.88. The van der Waals surface area contributed by atoms with Crippen molar-refractivity contribution in [2.24, 2.45) is 0 Å². The van der Waals surface area contributed by atoms with E-state index in [1.54, 1.807) is 12.1 Å². The van der Waals surface area contributed by atoms with Crippen molar-refractivity contribution in [2.75, 3.05) is 11.1 Å². The quantitative estimate of drug-likeness (QED) is 0.829. The maximum absolute atomic E-state index is 8.88. The third kappa shape index (κ3) is 2.77. The van der Waals surface area contributed by atoms with E-state index in [0.29, 0.717) is 11.3 Å². The van der Waals surface area contributed by atoms with Crippen molar-refractivity contribution in [3.8, 4) is 6.07 Å². The molecule has 0 aliphatic carbocycles. The van der Waals surface area contributed by atoms with Gasteiger partial charge >= 0.3 is 0 Å². The second-order valence-corrected chi connectivity index (χ2v) is 4.46. The lowest BCUT2D eigenvalue weighted by atomic mass is 10.1. The minimum atomic E-state index is 0.479. The molecule has 3 N–H and O–H groups in total. The van der Waals surface area contributed by atoms with Crippen LogP contribution in [0.25, 0.3) is 0 Å². The molecule has 0 amide bonds. The van der Waals surface area contributed by atoms with Gasteiger partial charge in [-0.1, -0.05) is 15.9 Å². The highest BCUT2D eigenvalue weighted by Crippen LogP contribution is 2.22. The maximum Gasteiger partial charge on any atom is 0.101 e. The number of nitrogens with two attached hydrogens (primary N) is 1. The fourth-order valence-corrected chi connectivity index (χ4v) is 1.70. The van der Waals surface area contributed by atoms with Gasteiger partial charge in [0.25, 0.3) is 0 Å². The molecule has 0 radical (unpaired) electrons. The molecule has 0 bridgehead atoms. The van der Waals surface area contributed by atoms with Gasteiger partial charge in [0.15, 0.2) is 0 Å². The molecule has 0 aliphatic rings. The Kier molecular flexibility index (Phi) is 3.31. The van der Waals surface area contributed by atoms with E-state index in [1.165, 1.54) is 0 Å². The summed E-state index contributed by atoms with van der Waals surface area (Å²) < 4.78 is 1.03. The van der Waals surface area contributed by atoms with Crippen molar-refractivity contribution < 1.29 is 0 Å². The minimum absolute atomic E-state index is 0.479. The number of hydrogen-bond acceptors (Lipinski definition) is 3. The Morgan fingerprint density at radius 2 is 1.71 bits per heavy atom. The lowest BCUT2D eigenvalue weighted by Crippen LogP contribution is -1.94. The Morgan fingerprint density at radius 3 is 2.35 bits per heavy atom. The molecule has 0 aromatic heterocycles. The van der Waals surface area contributed by atoms with Crippen molar-refractivity contribution in [3.05, 3.63) is 52.5 Å². The first kappa shape index (κ1) is 11.5. The predicted molar refractivity (Wildman–Crippen MR) is 73.0 cm³/mol. The molecule has 0 saturated carbocycles. The molecule has 2 aromatic rings. The molecule has 0 atom stereocenters. The molecule has 2 rings (SSSR count). The third-order valence-electron chi connectivity index (χ3n) is 2.31. The van der Waals surface area contributed by atoms with Gasteiger partial charge in [0.05, 0.1) is 5.56 Å². The summed E-state index contributed by atoms with van der Waals surface area (Å²) in [6.45, 7) is 0. The summed E-state index contributed by atoms with van der Waals surface area (Å²) in [4.78, 5) is 0. The van der Waals surface area contributed by atoms with Gasteiger partial charge in [0, 0.05) is 21.5 Å². The first-order chi connectivity index (χ1) is 8.19. The van der Waals surface area contributed by atoms with Crippen LogP contribution in [0.3, 0.4) is 0 Å². The van der Waals surface area contributed by atoms with Gasteiger partial charge in [-0.3, -0.25) is 0 Å². The zero-order chi connectivity index (χ0) is 12.3. The van der Waals surface area contributed by atoms with Crippen LogP contribution in [-0.4, -0.2) is 0 Å². The highest BCUT2D eigenvalue weighted by atomic mass is 79.9. The van der Waals surface area contributed by atoms with E-state index in [1.807, 2.05) is 30.3 Å². The van der Waals surface area contributed by atoms with Crippen LogP contribution in [0, 0.1) is 11.3 Å². The van der Waals surface area contributed by atoms with Crippen LogP contribution >= 0.6 is 15.9 Å². The molecule has 2 aromatic carbocycles. The van der Waals surface area contributed by atoms with E-state index < -0.39 is 0 Å². The average molecular weight is 288 g/mol. The number of benzene rings is 2. The summed E-state index contributed by atoms with van der Waals surface area (Å²) >= 11 is 3.38. The van der Waals surface area contributed by atoms with Crippen molar-refractivity contribution in [3.63, 3.8) is 0 Å². The topological polar surface area (TPSA) is 61.8 Å². The van der Waals surface area contributed by atoms with Crippen molar-refractivity contribution in [1.82, 2.24) is 0 Å². The predicted octanol–water partition coefficient (Wildman–Crippen LogP) is 3.65. The number of nitrogens with one attached hydrogen (secondary N) is 1. The van der Waals surface area contributed by atoms with E-state index >= 15 is 0 Å². The number of nitriles is 1. The summed E-state index contributed by atoms with van der Waals surface area (Å²) in [5, 5.41) is 12.1. The number of halogens is 1. The number of hydrogen-bond donors (Lipinski definition) is 2. The van der Waals surface area contributed by atoms with Gasteiger partial charge in [-0.25, -0.2) is 0 Å². The highest BCUT2D eigenvalue weighted by Gasteiger charge is 2.00. The standard InChI is InChI=1S/C13H10BrN3/c14-10-1-3-11(4-2-10)17-12-5-6-13(16)9(7-12)8-15/h1-7,17H,16H2. The molecule has 4 heteroatoms. The first-order valence-electron chi connectivity index (χ1n) is 5.01. The second-order valence-electron chi connectivity index (χ2n) is 3.55. The normalized spacial score (nSPS) is 9.65. The fourth-order valence-electron chi connectivity index (χ4n) is 1.43. The van der Waals surface area contributed by atoms with E-state index in [-0.39, 0.29) is 0 Å². The monoisotopic (exact) mass is 287 g/mol. The fraction of sp³-hybridized carbons (Fsp3) is 0. The summed E-state index contributed by atoms with van der Waals surface area (Å²) in [6, 6.07) is 15.2. The Bertz CT molecular complexity index is 570. The second kappa shape index (κ2) is 4.89. The van der Waals surface area contributed by atoms with Gasteiger partial charge < -0.3 is 11.1 Å². The van der Waals surface area contributed by atoms with Gasteiger partial charge in [0.2, 0.25) is 0 Å². The smallest absolute Gasteiger partial charge is 0.101 e. The molecule has 84 valence electrons. The summed E-state index contributed by atoms with van der Waals surface area (Å²) in [5.41, 5.74) is 8.44. The van der Waals surface area contributed by atoms with Crippen LogP contribution in [-0.2, 0) is 0 Å². The molecule has 0 aliphatic heterocycles. The first-order valence-corrected chi connectivity index (χ1v) is 5.80. The van der Waals surface area contributed by atoms with Gasteiger partial charge in [-0.15, -0.1) is 0 Å². The van der Waals surface area contributed by atoms with E-state index in [2.05, 4.69) is 27.3 Å².